The summed E-state index contributed by atoms with van der Waals surface area (Å²) in [5.74, 6) is 1.10. The SMILES string of the molecule is Ic1nc([C@@H]2CCCN2)[nH]c1I. The van der Waals surface area contributed by atoms with Gasteiger partial charge in [-0.15, -0.1) is 0 Å². The van der Waals surface area contributed by atoms with E-state index in [4.69, 9.17) is 0 Å². The molecule has 1 atom stereocenters. The zero-order chi connectivity index (χ0) is 8.55. The van der Waals surface area contributed by atoms with Crippen LogP contribution < -0.4 is 5.32 Å². The van der Waals surface area contributed by atoms with Crippen LogP contribution in [0.5, 0.6) is 0 Å². The first kappa shape index (κ1) is 9.20. The van der Waals surface area contributed by atoms with Crippen molar-refractivity contribution in [1.29, 1.82) is 0 Å². The number of hydrogen-bond acceptors (Lipinski definition) is 2. The summed E-state index contributed by atoms with van der Waals surface area (Å²) >= 11 is 4.53. The molecule has 0 aromatic carbocycles. The van der Waals surface area contributed by atoms with Crippen molar-refractivity contribution in [3.8, 4) is 0 Å². The van der Waals surface area contributed by atoms with Crippen molar-refractivity contribution in [3.05, 3.63) is 13.2 Å². The molecule has 0 radical (unpaired) electrons. The lowest BCUT2D eigenvalue weighted by molar-refractivity contribution is 0.611. The van der Waals surface area contributed by atoms with Crippen molar-refractivity contribution in [1.82, 2.24) is 15.3 Å². The summed E-state index contributed by atoms with van der Waals surface area (Å²) in [5.41, 5.74) is 0. The third-order valence-electron chi connectivity index (χ3n) is 2.03. The minimum Gasteiger partial charge on any atom is -0.335 e. The summed E-state index contributed by atoms with van der Waals surface area (Å²) < 4.78 is 2.23. The number of rotatable bonds is 1. The van der Waals surface area contributed by atoms with Crippen molar-refractivity contribution in [2.45, 2.75) is 18.9 Å². The van der Waals surface area contributed by atoms with Gasteiger partial charge in [0.05, 0.1) is 6.04 Å². The molecular weight excluding hydrogens is 380 g/mol. The van der Waals surface area contributed by atoms with Gasteiger partial charge in [0.25, 0.3) is 0 Å². The molecule has 2 heterocycles. The van der Waals surface area contributed by atoms with Crippen LogP contribution in [-0.4, -0.2) is 16.5 Å². The number of halogens is 2. The molecule has 66 valence electrons. The Hall–Kier alpha value is 0.630. The molecule has 1 aliphatic rings. The van der Waals surface area contributed by atoms with Gasteiger partial charge in [-0.2, -0.15) is 0 Å². The lowest BCUT2D eigenvalue weighted by atomic mass is 10.2. The van der Waals surface area contributed by atoms with Crippen molar-refractivity contribution in [2.24, 2.45) is 0 Å². The highest BCUT2D eigenvalue weighted by atomic mass is 127. The Morgan fingerprint density at radius 1 is 1.42 bits per heavy atom. The van der Waals surface area contributed by atoms with Gasteiger partial charge in [-0.05, 0) is 64.6 Å². The van der Waals surface area contributed by atoms with Crippen LogP contribution in [0.4, 0.5) is 0 Å². The molecule has 2 rings (SSSR count). The molecule has 1 saturated heterocycles. The molecule has 1 aromatic heterocycles. The van der Waals surface area contributed by atoms with Crippen LogP contribution in [0, 0.1) is 7.40 Å². The number of aromatic nitrogens is 2. The molecule has 2 N–H and O–H groups in total. The van der Waals surface area contributed by atoms with E-state index >= 15 is 0 Å². The fourth-order valence-electron chi connectivity index (χ4n) is 1.43. The van der Waals surface area contributed by atoms with Crippen LogP contribution in [0.25, 0.3) is 0 Å². The maximum atomic E-state index is 4.45. The third kappa shape index (κ3) is 1.77. The molecule has 0 saturated carbocycles. The van der Waals surface area contributed by atoms with E-state index < -0.39 is 0 Å². The minimum atomic E-state index is 0.460. The van der Waals surface area contributed by atoms with Crippen molar-refractivity contribution >= 4 is 45.2 Å². The summed E-state index contributed by atoms with van der Waals surface area (Å²) in [4.78, 5) is 7.75. The second-order valence-corrected chi connectivity index (χ2v) is 4.98. The van der Waals surface area contributed by atoms with Crippen LogP contribution >= 0.6 is 45.2 Å². The van der Waals surface area contributed by atoms with Crippen molar-refractivity contribution in [2.75, 3.05) is 6.54 Å². The van der Waals surface area contributed by atoms with Gasteiger partial charge in [0, 0.05) is 0 Å². The van der Waals surface area contributed by atoms with Gasteiger partial charge < -0.3 is 10.3 Å². The minimum absolute atomic E-state index is 0.460. The first-order valence-electron chi connectivity index (χ1n) is 3.91. The molecule has 0 amide bonds. The number of nitrogens with zero attached hydrogens (tertiary/aromatic N) is 1. The molecule has 1 fully saturated rings. The van der Waals surface area contributed by atoms with E-state index in [1.54, 1.807) is 0 Å². The maximum absolute atomic E-state index is 4.45. The second kappa shape index (κ2) is 3.79. The van der Waals surface area contributed by atoms with Gasteiger partial charge in [0.15, 0.2) is 0 Å². The Labute approximate surface area is 98.4 Å². The Morgan fingerprint density at radius 2 is 2.25 bits per heavy atom. The van der Waals surface area contributed by atoms with E-state index in [0.29, 0.717) is 6.04 Å². The van der Waals surface area contributed by atoms with Crippen LogP contribution in [0.1, 0.15) is 24.7 Å². The molecule has 5 heteroatoms. The third-order valence-corrected chi connectivity index (χ3v) is 4.62. The van der Waals surface area contributed by atoms with Crippen LogP contribution in [0.15, 0.2) is 0 Å². The normalized spacial score (nSPS) is 23.3. The van der Waals surface area contributed by atoms with E-state index in [9.17, 15) is 0 Å². The zero-order valence-corrected chi connectivity index (χ0v) is 10.7. The lowest BCUT2D eigenvalue weighted by Gasteiger charge is -2.04. The molecule has 0 spiro atoms. The van der Waals surface area contributed by atoms with Gasteiger partial charge in [0.1, 0.15) is 13.2 Å². The number of H-pyrrole nitrogens is 1. The van der Waals surface area contributed by atoms with Gasteiger partial charge in [-0.3, -0.25) is 0 Å². The first-order chi connectivity index (χ1) is 5.77. The van der Waals surface area contributed by atoms with Crippen molar-refractivity contribution in [3.63, 3.8) is 0 Å². The Balaban J connectivity index is 2.21. The van der Waals surface area contributed by atoms with E-state index in [-0.39, 0.29) is 0 Å². The topological polar surface area (TPSA) is 40.7 Å². The highest BCUT2D eigenvalue weighted by Crippen LogP contribution is 2.22. The molecule has 3 nitrogen and oxygen atoms in total. The Bertz CT molecular complexity index is 259. The van der Waals surface area contributed by atoms with Crippen LogP contribution in [-0.2, 0) is 0 Å². The predicted molar refractivity (Wildman–Crippen MR) is 64.0 cm³/mol. The Morgan fingerprint density at radius 3 is 2.75 bits per heavy atom. The summed E-state index contributed by atoms with van der Waals surface area (Å²) in [6.45, 7) is 1.12. The van der Waals surface area contributed by atoms with Gasteiger partial charge >= 0.3 is 0 Å². The molecule has 0 aliphatic carbocycles. The smallest absolute Gasteiger partial charge is 0.133 e. The molecule has 0 bridgehead atoms. The summed E-state index contributed by atoms with van der Waals surface area (Å²) in [5, 5.41) is 3.41. The fourth-order valence-corrected chi connectivity index (χ4v) is 2.22. The average Bonchev–Trinajstić information content (AvgIpc) is 2.61. The maximum Gasteiger partial charge on any atom is 0.133 e. The van der Waals surface area contributed by atoms with Crippen LogP contribution in [0.2, 0.25) is 0 Å². The number of imidazole rings is 1. The van der Waals surface area contributed by atoms with Gasteiger partial charge in [0.2, 0.25) is 0 Å². The fraction of sp³-hybridized carbons (Fsp3) is 0.571. The second-order valence-electron chi connectivity index (χ2n) is 2.88. The number of nitrogens with one attached hydrogen (secondary N) is 2. The summed E-state index contributed by atoms with van der Waals surface area (Å²) in [6.07, 6.45) is 2.47. The van der Waals surface area contributed by atoms with Gasteiger partial charge in [-0.25, -0.2) is 4.98 Å². The van der Waals surface area contributed by atoms with Gasteiger partial charge in [-0.1, -0.05) is 0 Å². The largest absolute Gasteiger partial charge is 0.335 e. The van der Waals surface area contributed by atoms with E-state index in [1.165, 1.54) is 12.8 Å². The molecule has 1 aromatic rings. The summed E-state index contributed by atoms with van der Waals surface area (Å²) in [6, 6.07) is 0.460. The zero-order valence-electron chi connectivity index (χ0n) is 6.40. The van der Waals surface area contributed by atoms with Crippen LogP contribution in [0.3, 0.4) is 0 Å². The van der Waals surface area contributed by atoms with Crippen molar-refractivity contribution < 1.29 is 0 Å². The first-order valence-corrected chi connectivity index (χ1v) is 6.07. The molecule has 0 unspecified atom stereocenters. The molecular formula is C7H9I2N3. The number of hydrogen-bond donors (Lipinski definition) is 2. The average molecular weight is 389 g/mol. The number of aromatic amines is 1. The molecule has 1 aliphatic heterocycles. The lowest BCUT2D eigenvalue weighted by Crippen LogP contribution is -2.14. The van der Waals surface area contributed by atoms with E-state index in [0.717, 1.165) is 19.8 Å². The monoisotopic (exact) mass is 389 g/mol. The Kier molecular flexibility index (Phi) is 2.90. The molecule has 12 heavy (non-hydrogen) atoms. The quantitative estimate of drug-likeness (QED) is 0.723. The summed E-state index contributed by atoms with van der Waals surface area (Å²) in [7, 11) is 0. The standard InChI is InChI=1S/C7H9I2N3/c8-5-6(9)12-7(11-5)4-2-1-3-10-4/h4,10H,1-3H2,(H,11,12)/t4-/m0/s1. The highest BCUT2D eigenvalue weighted by molar-refractivity contribution is 14.1. The predicted octanol–water partition coefficient (Wildman–Crippen LogP) is 2.04. The van der Waals surface area contributed by atoms with E-state index in [1.807, 2.05) is 0 Å². The highest BCUT2D eigenvalue weighted by Gasteiger charge is 2.19. The van der Waals surface area contributed by atoms with E-state index in [2.05, 4.69) is 60.5 Å².